The maximum absolute atomic E-state index is 12.9. The van der Waals surface area contributed by atoms with Crippen molar-refractivity contribution in [1.29, 1.82) is 0 Å². The summed E-state index contributed by atoms with van der Waals surface area (Å²) >= 11 is 0. The lowest BCUT2D eigenvalue weighted by Crippen LogP contribution is -2.15. The summed E-state index contributed by atoms with van der Waals surface area (Å²) in [5, 5.41) is 4.14. The van der Waals surface area contributed by atoms with E-state index in [0.29, 0.717) is 22.8 Å². The smallest absolute Gasteiger partial charge is 0.279 e. The topological polar surface area (TPSA) is 79.4 Å². The summed E-state index contributed by atoms with van der Waals surface area (Å²) in [5.74, 6) is 1.01. The average Bonchev–Trinajstić information content (AvgIpc) is 3.03. The Hall–Kier alpha value is -3.28. The van der Waals surface area contributed by atoms with Crippen LogP contribution in [-0.2, 0) is 0 Å². The Balaban J connectivity index is 2.09. The zero-order valence-electron chi connectivity index (χ0n) is 13.4. The highest BCUT2D eigenvalue weighted by molar-refractivity contribution is 5.98. The molecule has 3 aromatic rings. The van der Waals surface area contributed by atoms with Crippen molar-refractivity contribution < 1.29 is 14.3 Å². The second-order valence-corrected chi connectivity index (χ2v) is 5.14. The van der Waals surface area contributed by atoms with Crippen molar-refractivity contribution in [2.75, 3.05) is 20.0 Å². The van der Waals surface area contributed by atoms with Crippen LogP contribution in [0.15, 0.2) is 54.6 Å². The van der Waals surface area contributed by atoms with Crippen molar-refractivity contribution in [3.05, 3.63) is 60.2 Å². The minimum atomic E-state index is -0.317. The van der Waals surface area contributed by atoms with Gasteiger partial charge in [-0.05, 0) is 12.1 Å². The van der Waals surface area contributed by atoms with Crippen LogP contribution in [0.2, 0.25) is 0 Å². The van der Waals surface area contributed by atoms with Gasteiger partial charge in [0.2, 0.25) is 0 Å². The summed E-state index contributed by atoms with van der Waals surface area (Å²) in [4.78, 5) is 12.9. The van der Waals surface area contributed by atoms with Crippen LogP contribution in [0.4, 0.5) is 5.82 Å². The van der Waals surface area contributed by atoms with Crippen LogP contribution in [-0.4, -0.2) is 29.9 Å². The fourth-order valence-corrected chi connectivity index (χ4v) is 2.42. The molecule has 0 radical (unpaired) electrons. The molecule has 0 aliphatic heterocycles. The number of nitrogens with zero attached hydrogens (tertiary/aromatic N) is 2. The Morgan fingerprint density at radius 2 is 1.62 bits per heavy atom. The van der Waals surface area contributed by atoms with Gasteiger partial charge in [0.05, 0.1) is 19.9 Å². The summed E-state index contributed by atoms with van der Waals surface area (Å²) in [6.45, 7) is 0. The summed E-state index contributed by atoms with van der Waals surface area (Å²) < 4.78 is 11.7. The molecule has 0 atom stereocenters. The van der Waals surface area contributed by atoms with Crippen LogP contribution in [0.1, 0.15) is 10.4 Å². The van der Waals surface area contributed by atoms with Gasteiger partial charge in [-0.1, -0.05) is 30.3 Å². The number of hydrogen-bond acceptors (Lipinski definition) is 5. The van der Waals surface area contributed by atoms with Gasteiger partial charge < -0.3 is 15.2 Å². The van der Waals surface area contributed by atoms with E-state index in [4.69, 9.17) is 15.2 Å². The van der Waals surface area contributed by atoms with Gasteiger partial charge in [0.1, 0.15) is 17.3 Å². The number of aromatic nitrogens is 2. The minimum Gasteiger partial charge on any atom is -0.497 e. The van der Waals surface area contributed by atoms with Gasteiger partial charge in [-0.2, -0.15) is 4.68 Å². The number of benzene rings is 2. The Morgan fingerprint density at radius 3 is 2.21 bits per heavy atom. The van der Waals surface area contributed by atoms with E-state index in [1.54, 1.807) is 24.3 Å². The molecule has 3 rings (SSSR count). The Kier molecular flexibility index (Phi) is 4.20. The molecule has 0 spiro atoms. The molecule has 0 aliphatic carbocycles. The first-order valence-electron chi connectivity index (χ1n) is 7.31. The molecule has 6 nitrogen and oxygen atoms in total. The maximum Gasteiger partial charge on any atom is 0.279 e. The fourth-order valence-electron chi connectivity index (χ4n) is 2.42. The van der Waals surface area contributed by atoms with Crippen LogP contribution in [0.3, 0.4) is 0 Å². The van der Waals surface area contributed by atoms with E-state index in [9.17, 15) is 4.79 Å². The first-order chi connectivity index (χ1) is 11.6. The minimum absolute atomic E-state index is 0.275. The molecule has 0 saturated heterocycles. The van der Waals surface area contributed by atoms with Gasteiger partial charge in [-0.25, -0.2) is 0 Å². The maximum atomic E-state index is 12.9. The Morgan fingerprint density at radius 1 is 1.00 bits per heavy atom. The quantitative estimate of drug-likeness (QED) is 0.798. The lowest BCUT2D eigenvalue weighted by molar-refractivity contribution is 0.0947. The molecule has 0 amide bonds. The van der Waals surface area contributed by atoms with Crippen molar-refractivity contribution in [3.8, 4) is 22.8 Å². The third-order valence-corrected chi connectivity index (χ3v) is 3.59. The summed E-state index contributed by atoms with van der Waals surface area (Å²) in [6.07, 6.45) is 0. The van der Waals surface area contributed by atoms with E-state index in [-0.39, 0.29) is 11.7 Å². The lowest BCUT2D eigenvalue weighted by Gasteiger charge is -2.09. The van der Waals surface area contributed by atoms with Crippen LogP contribution in [0.25, 0.3) is 11.3 Å². The molecule has 0 saturated carbocycles. The lowest BCUT2D eigenvalue weighted by atomic mass is 10.1. The molecule has 6 heteroatoms. The summed E-state index contributed by atoms with van der Waals surface area (Å²) in [7, 11) is 3.06. The first kappa shape index (κ1) is 15.6. The first-order valence-corrected chi connectivity index (χ1v) is 7.31. The average molecular weight is 323 g/mol. The third-order valence-electron chi connectivity index (χ3n) is 3.59. The number of hydrogen-bond donors (Lipinski definition) is 1. The number of methoxy groups -OCH3 is 2. The van der Waals surface area contributed by atoms with Crippen molar-refractivity contribution in [1.82, 2.24) is 9.78 Å². The molecular formula is C18H17N3O3. The zero-order chi connectivity index (χ0) is 17.1. The summed E-state index contributed by atoms with van der Waals surface area (Å²) in [5.41, 5.74) is 7.68. The second-order valence-electron chi connectivity index (χ2n) is 5.14. The van der Waals surface area contributed by atoms with Gasteiger partial charge in [0, 0.05) is 23.3 Å². The molecule has 0 fully saturated rings. The number of anilines is 1. The Bertz CT molecular complexity index is 850. The number of nitrogens with two attached hydrogens (primary N) is 1. The normalized spacial score (nSPS) is 10.4. The molecule has 2 N–H and O–H groups in total. The van der Waals surface area contributed by atoms with Crippen LogP contribution < -0.4 is 15.2 Å². The molecule has 24 heavy (non-hydrogen) atoms. The predicted molar refractivity (Wildman–Crippen MR) is 91.3 cm³/mol. The molecule has 1 heterocycles. The van der Waals surface area contributed by atoms with Gasteiger partial charge in [0.15, 0.2) is 0 Å². The highest BCUT2D eigenvalue weighted by Crippen LogP contribution is 2.26. The van der Waals surface area contributed by atoms with Gasteiger partial charge in [-0.3, -0.25) is 4.79 Å². The number of ether oxygens (including phenoxy) is 2. The fraction of sp³-hybridized carbons (Fsp3) is 0.111. The van der Waals surface area contributed by atoms with Crippen LogP contribution in [0, 0.1) is 0 Å². The largest absolute Gasteiger partial charge is 0.497 e. The van der Waals surface area contributed by atoms with Crippen LogP contribution in [0.5, 0.6) is 11.5 Å². The molecule has 0 bridgehead atoms. The summed E-state index contributed by atoms with van der Waals surface area (Å²) in [6, 6.07) is 16.1. The van der Waals surface area contributed by atoms with E-state index >= 15 is 0 Å². The second kappa shape index (κ2) is 6.45. The standard InChI is InChI=1S/C18H17N3O3/c1-23-14-8-13(9-15(10-14)24-2)18(22)21-16(11-17(19)20-21)12-6-4-3-5-7-12/h3-11H,1-2H3,(H2,19,20). The van der Waals surface area contributed by atoms with Crippen LogP contribution >= 0.6 is 0 Å². The zero-order valence-corrected chi connectivity index (χ0v) is 13.4. The van der Waals surface area contributed by atoms with Gasteiger partial charge in [0.25, 0.3) is 5.91 Å². The molecule has 122 valence electrons. The van der Waals surface area contributed by atoms with Crippen molar-refractivity contribution in [2.24, 2.45) is 0 Å². The monoisotopic (exact) mass is 323 g/mol. The van der Waals surface area contributed by atoms with Gasteiger partial charge in [-0.15, -0.1) is 5.10 Å². The van der Waals surface area contributed by atoms with E-state index in [1.165, 1.54) is 18.9 Å². The predicted octanol–water partition coefficient (Wildman–Crippen LogP) is 2.84. The number of carbonyl (C=O) groups excluding carboxylic acids is 1. The number of rotatable bonds is 4. The molecule has 2 aromatic carbocycles. The molecule has 0 aliphatic rings. The number of nitrogen functional groups attached to an aromatic ring is 1. The molecular weight excluding hydrogens is 306 g/mol. The third kappa shape index (κ3) is 2.94. The van der Waals surface area contributed by atoms with Crippen molar-refractivity contribution in [2.45, 2.75) is 0 Å². The van der Waals surface area contributed by atoms with Crippen molar-refractivity contribution in [3.63, 3.8) is 0 Å². The van der Waals surface area contributed by atoms with E-state index in [2.05, 4.69) is 5.10 Å². The van der Waals surface area contributed by atoms with Gasteiger partial charge >= 0.3 is 0 Å². The van der Waals surface area contributed by atoms with E-state index < -0.39 is 0 Å². The highest BCUT2D eigenvalue weighted by Gasteiger charge is 2.18. The highest BCUT2D eigenvalue weighted by atomic mass is 16.5. The SMILES string of the molecule is COc1cc(OC)cc(C(=O)n2nc(N)cc2-c2ccccc2)c1. The Labute approximate surface area is 139 Å². The van der Waals surface area contributed by atoms with E-state index in [0.717, 1.165) is 5.56 Å². The van der Waals surface area contributed by atoms with E-state index in [1.807, 2.05) is 30.3 Å². The molecule has 0 unspecified atom stereocenters. The van der Waals surface area contributed by atoms with Crippen molar-refractivity contribution >= 4 is 11.7 Å². The molecule has 1 aromatic heterocycles. The number of carbonyl (C=O) groups is 1.